The third-order valence-corrected chi connectivity index (χ3v) is 5.03. The van der Waals surface area contributed by atoms with E-state index in [1.165, 1.54) is 43.5 Å². The Hall–Kier alpha value is -2.56. The number of ether oxygens (including phenoxy) is 1. The van der Waals surface area contributed by atoms with Gasteiger partial charge in [0.1, 0.15) is 17.6 Å². The van der Waals surface area contributed by atoms with Crippen molar-refractivity contribution < 1.29 is 17.5 Å². The smallest absolute Gasteiger partial charge is 0.218 e. The summed E-state index contributed by atoms with van der Waals surface area (Å²) in [5.74, 6) is -0.104. The van der Waals surface area contributed by atoms with Gasteiger partial charge in [-0.25, -0.2) is 12.8 Å². The van der Waals surface area contributed by atoms with Crippen molar-refractivity contribution in [3.63, 3.8) is 0 Å². The molecule has 0 amide bonds. The molecule has 0 aliphatic carbocycles. The van der Waals surface area contributed by atoms with Crippen molar-refractivity contribution in [2.45, 2.75) is 4.90 Å². The summed E-state index contributed by atoms with van der Waals surface area (Å²) in [5.41, 5.74) is 0.346. The monoisotopic (exact) mass is 366 g/mol. The van der Waals surface area contributed by atoms with Crippen molar-refractivity contribution in [2.24, 2.45) is 0 Å². The van der Waals surface area contributed by atoms with Gasteiger partial charge < -0.3 is 10.1 Å². The second kappa shape index (κ2) is 7.34. The summed E-state index contributed by atoms with van der Waals surface area (Å²) >= 11 is 5.65. The second-order valence-corrected chi connectivity index (χ2v) is 6.90. The standard InChI is InChI=1S/C16H12ClFN2O3S/c1-23-12-3-5-13(6-4-12)24(21,22)14(9-19)10-20-11-2-7-16(18)15(17)8-11/h2-8,10,20H,1H3. The quantitative estimate of drug-likeness (QED) is 0.815. The first kappa shape index (κ1) is 17.8. The molecule has 1 N–H and O–H groups in total. The molecule has 0 bridgehead atoms. The van der Waals surface area contributed by atoms with Crippen LogP contribution < -0.4 is 10.1 Å². The minimum atomic E-state index is -3.99. The van der Waals surface area contributed by atoms with E-state index in [0.717, 1.165) is 12.3 Å². The Morgan fingerprint density at radius 2 is 1.96 bits per heavy atom. The number of rotatable bonds is 5. The molecule has 0 spiro atoms. The lowest BCUT2D eigenvalue weighted by Gasteiger charge is -2.06. The van der Waals surface area contributed by atoms with Crippen LogP contribution in [0.25, 0.3) is 0 Å². The summed E-state index contributed by atoms with van der Waals surface area (Å²) in [6.07, 6.45) is 1.03. The molecule has 2 rings (SSSR count). The predicted octanol–water partition coefficient (Wildman–Crippen LogP) is 3.74. The predicted molar refractivity (Wildman–Crippen MR) is 88.9 cm³/mol. The van der Waals surface area contributed by atoms with E-state index in [1.54, 1.807) is 6.07 Å². The van der Waals surface area contributed by atoms with Crippen molar-refractivity contribution in [1.29, 1.82) is 5.26 Å². The molecule has 0 atom stereocenters. The van der Waals surface area contributed by atoms with Crippen LogP contribution in [0.1, 0.15) is 0 Å². The van der Waals surface area contributed by atoms with Gasteiger partial charge in [-0.05, 0) is 42.5 Å². The molecule has 0 fully saturated rings. The van der Waals surface area contributed by atoms with Crippen LogP contribution in [0.4, 0.5) is 10.1 Å². The first-order valence-corrected chi connectivity index (χ1v) is 8.45. The van der Waals surface area contributed by atoms with Crippen LogP contribution in [0.15, 0.2) is 58.5 Å². The Balaban J connectivity index is 2.31. The molecule has 0 radical (unpaired) electrons. The number of hydrogen-bond acceptors (Lipinski definition) is 5. The first-order chi connectivity index (χ1) is 11.4. The fourth-order valence-electron chi connectivity index (χ4n) is 1.79. The highest BCUT2D eigenvalue weighted by Crippen LogP contribution is 2.23. The summed E-state index contributed by atoms with van der Waals surface area (Å²) in [5, 5.41) is 11.7. The summed E-state index contributed by atoms with van der Waals surface area (Å²) in [6.45, 7) is 0. The lowest BCUT2D eigenvalue weighted by molar-refractivity contribution is 0.414. The fraction of sp³-hybridized carbons (Fsp3) is 0.0625. The molecule has 5 nitrogen and oxygen atoms in total. The topological polar surface area (TPSA) is 79.2 Å². The SMILES string of the molecule is COc1ccc(S(=O)(=O)C(C#N)=CNc2ccc(F)c(Cl)c2)cc1. The molecule has 0 saturated heterocycles. The van der Waals surface area contributed by atoms with E-state index < -0.39 is 20.6 Å². The van der Waals surface area contributed by atoms with Crippen molar-refractivity contribution in [2.75, 3.05) is 12.4 Å². The zero-order chi connectivity index (χ0) is 17.7. The number of hydrogen-bond donors (Lipinski definition) is 1. The maximum atomic E-state index is 13.1. The van der Waals surface area contributed by atoms with E-state index in [1.807, 2.05) is 0 Å². The van der Waals surface area contributed by atoms with Gasteiger partial charge in [0.25, 0.3) is 0 Å². The molecular formula is C16H12ClFN2O3S. The zero-order valence-corrected chi connectivity index (χ0v) is 14.0. The molecule has 0 saturated carbocycles. The maximum Gasteiger partial charge on any atom is 0.218 e. The van der Waals surface area contributed by atoms with E-state index in [4.69, 9.17) is 21.6 Å². The van der Waals surface area contributed by atoms with Gasteiger partial charge >= 0.3 is 0 Å². The van der Waals surface area contributed by atoms with Crippen LogP contribution >= 0.6 is 11.6 Å². The largest absolute Gasteiger partial charge is 0.497 e. The zero-order valence-electron chi connectivity index (χ0n) is 12.5. The van der Waals surface area contributed by atoms with E-state index in [0.29, 0.717) is 11.4 Å². The third-order valence-electron chi connectivity index (χ3n) is 3.06. The summed E-state index contributed by atoms with van der Waals surface area (Å²) in [7, 11) is -2.53. The fourth-order valence-corrected chi connectivity index (χ4v) is 3.05. The molecular weight excluding hydrogens is 355 g/mol. The third kappa shape index (κ3) is 3.85. The van der Waals surface area contributed by atoms with Gasteiger partial charge in [0.2, 0.25) is 9.84 Å². The Bertz CT molecular complexity index is 919. The summed E-state index contributed by atoms with van der Waals surface area (Å²) in [6, 6.07) is 11.1. The van der Waals surface area contributed by atoms with Crippen molar-refractivity contribution >= 4 is 27.1 Å². The minimum absolute atomic E-state index is 0.0463. The highest BCUT2D eigenvalue weighted by atomic mass is 35.5. The van der Waals surface area contributed by atoms with Gasteiger partial charge in [-0.1, -0.05) is 11.6 Å². The number of anilines is 1. The number of nitrogens with zero attached hydrogens (tertiary/aromatic N) is 1. The van der Waals surface area contributed by atoms with Crippen molar-refractivity contribution in [1.82, 2.24) is 0 Å². The molecule has 0 aliphatic heterocycles. The molecule has 8 heteroatoms. The summed E-state index contributed by atoms with van der Waals surface area (Å²) < 4.78 is 43.0. The minimum Gasteiger partial charge on any atom is -0.497 e. The van der Waals surface area contributed by atoms with Crippen LogP contribution in [-0.2, 0) is 9.84 Å². The van der Waals surface area contributed by atoms with Crippen molar-refractivity contribution in [3.8, 4) is 11.8 Å². The van der Waals surface area contributed by atoms with Crippen LogP contribution in [-0.4, -0.2) is 15.5 Å². The average molecular weight is 367 g/mol. The van der Waals surface area contributed by atoms with Crippen LogP contribution in [0, 0.1) is 17.1 Å². The molecule has 0 aromatic heterocycles. The molecule has 0 unspecified atom stereocenters. The number of methoxy groups -OCH3 is 1. The van der Waals surface area contributed by atoms with E-state index in [2.05, 4.69) is 5.32 Å². The Morgan fingerprint density at radius 1 is 1.29 bits per heavy atom. The van der Waals surface area contributed by atoms with Gasteiger partial charge in [0.05, 0.1) is 17.0 Å². The number of nitrogens with one attached hydrogen (secondary N) is 1. The average Bonchev–Trinajstić information content (AvgIpc) is 2.58. The van der Waals surface area contributed by atoms with Gasteiger partial charge in [-0.2, -0.15) is 5.26 Å². The normalized spacial score (nSPS) is 11.7. The van der Waals surface area contributed by atoms with Crippen LogP contribution in [0.2, 0.25) is 5.02 Å². The lowest BCUT2D eigenvalue weighted by Crippen LogP contribution is -2.05. The first-order valence-electron chi connectivity index (χ1n) is 6.59. The van der Waals surface area contributed by atoms with E-state index >= 15 is 0 Å². The number of halogens is 2. The van der Waals surface area contributed by atoms with Gasteiger partial charge in [0.15, 0.2) is 4.91 Å². The van der Waals surface area contributed by atoms with Crippen LogP contribution in [0.5, 0.6) is 5.75 Å². The number of benzene rings is 2. The molecule has 24 heavy (non-hydrogen) atoms. The van der Waals surface area contributed by atoms with Gasteiger partial charge in [0, 0.05) is 11.9 Å². The lowest BCUT2D eigenvalue weighted by atomic mass is 10.3. The Labute approximate surface area is 143 Å². The molecule has 0 heterocycles. The second-order valence-electron chi connectivity index (χ2n) is 4.57. The Morgan fingerprint density at radius 3 is 2.50 bits per heavy atom. The molecule has 124 valence electrons. The van der Waals surface area contributed by atoms with E-state index in [9.17, 15) is 12.8 Å². The highest BCUT2D eigenvalue weighted by Gasteiger charge is 2.20. The molecule has 2 aromatic carbocycles. The van der Waals surface area contributed by atoms with Gasteiger partial charge in [-0.3, -0.25) is 0 Å². The Kier molecular flexibility index (Phi) is 5.44. The number of sulfone groups is 1. The van der Waals surface area contributed by atoms with Crippen molar-refractivity contribution in [3.05, 3.63) is 64.4 Å². The van der Waals surface area contributed by atoms with Crippen LogP contribution in [0.3, 0.4) is 0 Å². The molecule has 0 aliphatic rings. The highest BCUT2D eigenvalue weighted by molar-refractivity contribution is 7.95. The van der Waals surface area contributed by atoms with E-state index in [-0.39, 0.29) is 9.92 Å². The summed E-state index contributed by atoms with van der Waals surface area (Å²) in [4.78, 5) is -0.539. The number of allylic oxidation sites excluding steroid dienone is 1. The molecule has 2 aromatic rings. The maximum absolute atomic E-state index is 13.1. The van der Waals surface area contributed by atoms with Gasteiger partial charge in [-0.15, -0.1) is 0 Å². The number of nitriles is 1.